The standard InChI is InChI=1S/C15H20F3N/c16-15(17,18)12-7-6-10-14(11-12)19-13-8-4-2-1-3-5-9-13/h6-7,10-11,13,19H,1-5,8-9H2. The van der Waals surface area contributed by atoms with Gasteiger partial charge in [0.2, 0.25) is 0 Å². The van der Waals surface area contributed by atoms with Crippen molar-refractivity contribution in [1.82, 2.24) is 0 Å². The summed E-state index contributed by atoms with van der Waals surface area (Å²) in [7, 11) is 0. The molecule has 1 aliphatic carbocycles. The van der Waals surface area contributed by atoms with Gasteiger partial charge in [-0.2, -0.15) is 13.2 Å². The van der Waals surface area contributed by atoms with Gasteiger partial charge >= 0.3 is 6.18 Å². The third kappa shape index (κ3) is 4.44. The Morgan fingerprint density at radius 1 is 0.947 bits per heavy atom. The largest absolute Gasteiger partial charge is 0.416 e. The van der Waals surface area contributed by atoms with Crippen molar-refractivity contribution in [3.8, 4) is 0 Å². The highest BCUT2D eigenvalue weighted by Gasteiger charge is 2.30. The summed E-state index contributed by atoms with van der Waals surface area (Å²) in [5.41, 5.74) is 0.00347. The molecule has 19 heavy (non-hydrogen) atoms. The highest BCUT2D eigenvalue weighted by Crippen LogP contribution is 2.31. The van der Waals surface area contributed by atoms with Gasteiger partial charge in [0.15, 0.2) is 0 Å². The molecule has 0 heterocycles. The zero-order chi connectivity index (χ0) is 13.7. The van der Waals surface area contributed by atoms with Gasteiger partial charge in [0, 0.05) is 11.7 Å². The van der Waals surface area contributed by atoms with Crippen LogP contribution in [0.4, 0.5) is 18.9 Å². The fourth-order valence-corrected chi connectivity index (χ4v) is 2.62. The second-order valence-electron chi connectivity index (χ2n) is 5.26. The summed E-state index contributed by atoms with van der Waals surface area (Å²) in [6, 6.07) is 5.81. The van der Waals surface area contributed by atoms with Crippen LogP contribution in [0.2, 0.25) is 0 Å². The van der Waals surface area contributed by atoms with Gasteiger partial charge in [0.1, 0.15) is 0 Å². The summed E-state index contributed by atoms with van der Waals surface area (Å²) in [5, 5.41) is 3.26. The second kappa shape index (κ2) is 6.31. The van der Waals surface area contributed by atoms with Gasteiger partial charge in [-0.05, 0) is 31.0 Å². The lowest BCUT2D eigenvalue weighted by molar-refractivity contribution is -0.137. The van der Waals surface area contributed by atoms with Crippen molar-refractivity contribution < 1.29 is 13.2 Å². The summed E-state index contributed by atoms with van der Waals surface area (Å²) < 4.78 is 37.9. The van der Waals surface area contributed by atoms with Gasteiger partial charge in [-0.25, -0.2) is 0 Å². The average Bonchev–Trinajstić information content (AvgIpc) is 2.32. The van der Waals surface area contributed by atoms with E-state index in [0.717, 1.165) is 31.7 Å². The molecule has 2 rings (SSSR count). The highest BCUT2D eigenvalue weighted by molar-refractivity contribution is 5.47. The van der Waals surface area contributed by atoms with E-state index in [2.05, 4.69) is 5.32 Å². The smallest absolute Gasteiger partial charge is 0.382 e. The molecule has 0 unspecified atom stereocenters. The first-order chi connectivity index (χ1) is 9.05. The second-order valence-corrected chi connectivity index (χ2v) is 5.26. The third-order valence-electron chi connectivity index (χ3n) is 3.67. The number of nitrogens with one attached hydrogen (secondary N) is 1. The van der Waals surface area contributed by atoms with Crippen molar-refractivity contribution in [1.29, 1.82) is 0 Å². The Morgan fingerprint density at radius 3 is 2.21 bits per heavy atom. The maximum Gasteiger partial charge on any atom is 0.416 e. The van der Waals surface area contributed by atoms with Gasteiger partial charge in [-0.1, -0.05) is 38.2 Å². The first-order valence-electron chi connectivity index (χ1n) is 6.99. The molecule has 0 bridgehead atoms. The van der Waals surface area contributed by atoms with Crippen LogP contribution in [0.1, 0.15) is 50.5 Å². The lowest BCUT2D eigenvalue weighted by Crippen LogP contribution is -2.20. The summed E-state index contributed by atoms with van der Waals surface area (Å²) in [6.07, 6.45) is 3.93. The van der Waals surface area contributed by atoms with E-state index in [0.29, 0.717) is 11.7 Å². The number of hydrogen-bond acceptors (Lipinski definition) is 1. The molecule has 0 radical (unpaired) electrons. The first kappa shape index (κ1) is 14.2. The van der Waals surface area contributed by atoms with Gasteiger partial charge in [-0.3, -0.25) is 0 Å². The molecular formula is C15H20F3N. The number of anilines is 1. The molecule has 106 valence electrons. The zero-order valence-electron chi connectivity index (χ0n) is 11.0. The fourth-order valence-electron chi connectivity index (χ4n) is 2.62. The van der Waals surface area contributed by atoms with Crippen LogP contribution in [0.3, 0.4) is 0 Å². The maximum atomic E-state index is 12.6. The van der Waals surface area contributed by atoms with Crippen molar-refractivity contribution in [3.05, 3.63) is 29.8 Å². The highest BCUT2D eigenvalue weighted by atomic mass is 19.4. The minimum Gasteiger partial charge on any atom is -0.382 e. The summed E-state index contributed by atoms with van der Waals surface area (Å²) in [6.45, 7) is 0. The molecule has 1 aliphatic rings. The van der Waals surface area contributed by atoms with Gasteiger partial charge < -0.3 is 5.32 Å². The molecule has 0 amide bonds. The van der Waals surface area contributed by atoms with Crippen molar-refractivity contribution >= 4 is 5.69 Å². The molecule has 0 aliphatic heterocycles. The number of rotatable bonds is 2. The summed E-state index contributed by atoms with van der Waals surface area (Å²) in [4.78, 5) is 0. The minimum absolute atomic E-state index is 0.309. The Morgan fingerprint density at radius 2 is 1.58 bits per heavy atom. The Labute approximate surface area is 112 Å². The normalized spacial score (nSPS) is 18.7. The predicted molar refractivity (Wildman–Crippen MR) is 71.2 cm³/mol. The Bertz CT molecular complexity index is 393. The zero-order valence-corrected chi connectivity index (χ0v) is 11.0. The molecule has 0 atom stereocenters. The minimum atomic E-state index is -4.27. The molecule has 1 aromatic rings. The Balaban J connectivity index is 2.01. The van der Waals surface area contributed by atoms with E-state index >= 15 is 0 Å². The van der Waals surface area contributed by atoms with Crippen LogP contribution in [0.5, 0.6) is 0 Å². The maximum absolute atomic E-state index is 12.6. The lowest BCUT2D eigenvalue weighted by Gasteiger charge is -2.22. The molecule has 1 nitrogen and oxygen atoms in total. The van der Waals surface area contributed by atoms with Crippen LogP contribution in [-0.4, -0.2) is 6.04 Å². The molecule has 0 spiro atoms. The van der Waals surface area contributed by atoms with Crippen molar-refractivity contribution in [2.75, 3.05) is 5.32 Å². The molecule has 0 saturated heterocycles. The molecule has 4 heteroatoms. The molecule has 1 aromatic carbocycles. The predicted octanol–water partition coefficient (Wildman–Crippen LogP) is 5.23. The van der Waals surface area contributed by atoms with Gasteiger partial charge in [0.05, 0.1) is 5.56 Å². The quantitative estimate of drug-likeness (QED) is 0.776. The van der Waals surface area contributed by atoms with Crippen LogP contribution in [0.15, 0.2) is 24.3 Å². The van der Waals surface area contributed by atoms with Crippen molar-refractivity contribution in [3.63, 3.8) is 0 Å². The Kier molecular flexibility index (Phi) is 4.72. The van der Waals surface area contributed by atoms with E-state index in [9.17, 15) is 13.2 Å². The van der Waals surface area contributed by atoms with Crippen LogP contribution in [-0.2, 0) is 6.18 Å². The van der Waals surface area contributed by atoms with E-state index in [4.69, 9.17) is 0 Å². The van der Waals surface area contributed by atoms with E-state index < -0.39 is 11.7 Å². The van der Waals surface area contributed by atoms with Crippen molar-refractivity contribution in [2.24, 2.45) is 0 Å². The summed E-state index contributed by atoms with van der Waals surface area (Å²) >= 11 is 0. The third-order valence-corrected chi connectivity index (χ3v) is 3.67. The van der Waals surface area contributed by atoms with Crippen LogP contribution >= 0.6 is 0 Å². The number of benzene rings is 1. The van der Waals surface area contributed by atoms with Gasteiger partial charge in [-0.15, -0.1) is 0 Å². The summed E-state index contributed by atoms with van der Waals surface area (Å²) in [5.74, 6) is 0. The van der Waals surface area contributed by atoms with Gasteiger partial charge in [0.25, 0.3) is 0 Å². The number of hydrogen-bond donors (Lipinski definition) is 1. The SMILES string of the molecule is FC(F)(F)c1cccc(NC2CCCCCCC2)c1. The Hall–Kier alpha value is -1.19. The van der Waals surface area contributed by atoms with E-state index in [1.807, 2.05) is 0 Å². The first-order valence-corrected chi connectivity index (χ1v) is 6.99. The van der Waals surface area contributed by atoms with Crippen LogP contribution < -0.4 is 5.32 Å². The molecule has 0 aromatic heterocycles. The molecule has 1 fully saturated rings. The van der Waals surface area contributed by atoms with Crippen LogP contribution in [0, 0.1) is 0 Å². The lowest BCUT2D eigenvalue weighted by atomic mass is 9.96. The average molecular weight is 271 g/mol. The molecule has 1 saturated carbocycles. The van der Waals surface area contributed by atoms with E-state index in [1.54, 1.807) is 6.07 Å². The number of alkyl halides is 3. The van der Waals surface area contributed by atoms with E-state index in [-0.39, 0.29) is 0 Å². The molecular weight excluding hydrogens is 251 g/mol. The molecule has 1 N–H and O–H groups in total. The topological polar surface area (TPSA) is 12.0 Å². The van der Waals surface area contributed by atoms with Crippen LogP contribution in [0.25, 0.3) is 0 Å². The fraction of sp³-hybridized carbons (Fsp3) is 0.600. The van der Waals surface area contributed by atoms with Crippen molar-refractivity contribution in [2.45, 2.75) is 57.2 Å². The monoisotopic (exact) mass is 271 g/mol. The van der Waals surface area contributed by atoms with E-state index in [1.165, 1.54) is 31.4 Å². The number of halogens is 3.